The molecule has 0 atom stereocenters. The van der Waals surface area contributed by atoms with Gasteiger partial charge in [-0.25, -0.2) is 9.67 Å². The third kappa shape index (κ3) is 2.89. The van der Waals surface area contributed by atoms with Crippen molar-refractivity contribution in [3.63, 3.8) is 0 Å². The molecule has 0 aliphatic rings. The lowest BCUT2D eigenvalue weighted by Gasteiger charge is -2.19. The van der Waals surface area contributed by atoms with Gasteiger partial charge in [0.15, 0.2) is 0 Å². The van der Waals surface area contributed by atoms with Gasteiger partial charge in [0.2, 0.25) is 5.88 Å². The fourth-order valence-electron chi connectivity index (χ4n) is 2.20. The molecule has 0 spiro atoms. The Morgan fingerprint density at radius 2 is 1.96 bits per heavy atom. The Balaban J connectivity index is 1.85. The molecule has 3 aromatic rings. The zero-order valence-electron chi connectivity index (χ0n) is 12.7. The Morgan fingerprint density at radius 3 is 2.61 bits per heavy atom. The summed E-state index contributed by atoms with van der Waals surface area (Å²) in [5.41, 5.74) is 2.00. The van der Waals surface area contributed by atoms with Crippen molar-refractivity contribution in [2.24, 2.45) is 0 Å². The number of ether oxygens (including phenoxy) is 1. The predicted molar refractivity (Wildman–Crippen MR) is 84.9 cm³/mol. The van der Waals surface area contributed by atoms with E-state index in [4.69, 9.17) is 4.74 Å². The molecule has 23 heavy (non-hydrogen) atoms. The van der Waals surface area contributed by atoms with Gasteiger partial charge in [-0.2, -0.15) is 0 Å². The van der Waals surface area contributed by atoms with Gasteiger partial charge in [-0.15, -0.1) is 5.10 Å². The third-order valence-electron chi connectivity index (χ3n) is 3.41. The normalized spacial score (nSPS) is 10.3. The first-order valence-corrected chi connectivity index (χ1v) is 6.94. The molecule has 0 radical (unpaired) electrons. The van der Waals surface area contributed by atoms with Crippen LogP contribution >= 0.6 is 0 Å². The van der Waals surface area contributed by atoms with Gasteiger partial charge in [-0.3, -0.25) is 4.79 Å². The first-order valence-electron chi connectivity index (χ1n) is 6.94. The van der Waals surface area contributed by atoms with Crippen molar-refractivity contribution >= 4 is 11.6 Å². The number of anilines is 1. The number of methoxy groups -OCH3 is 1. The van der Waals surface area contributed by atoms with Gasteiger partial charge in [0, 0.05) is 18.8 Å². The highest BCUT2D eigenvalue weighted by Gasteiger charge is 2.17. The van der Waals surface area contributed by atoms with E-state index in [9.17, 15) is 4.79 Å². The van der Waals surface area contributed by atoms with Crippen LogP contribution in [0.15, 0.2) is 55.0 Å². The van der Waals surface area contributed by atoms with E-state index in [1.54, 1.807) is 54.6 Å². The number of amides is 1. The number of benzene rings is 1. The molecule has 116 valence electrons. The lowest BCUT2D eigenvalue weighted by molar-refractivity contribution is 0.0992. The molecule has 0 aliphatic carbocycles. The maximum absolute atomic E-state index is 12.6. The second kappa shape index (κ2) is 6.27. The zero-order chi connectivity index (χ0) is 16.2. The van der Waals surface area contributed by atoms with Crippen LogP contribution in [0, 0.1) is 0 Å². The maximum atomic E-state index is 12.6. The van der Waals surface area contributed by atoms with Crippen molar-refractivity contribution in [3.05, 3.63) is 60.6 Å². The second-order valence-electron chi connectivity index (χ2n) is 4.79. The molecule has 1 aromatic carbocycles. The lowest BCUT2D eigenvalue weighted by atomic mass is 10.1. The van der Waals surface area contributed by atoms with Gasteiger partial charge in [0.25, 0.3) is 5.91 Å². The van der Waals surface area contributed by atoms with Crippen molar-refractivity contribution in [1.82, 2.24) is 20.0 Å². The van der Waals surface area contributed by atoms with Crippen LogP contribution in [0.1, 0.15) is 10.4 Å². The summed E-state index contributed by atoms with van der Waals surface area (Å²) < 4.78 is 6.82. The summed E-state index contributed by atoms with van der Waals surface area (Å²) in [6, 6.07) is 10.7. The molecule has 0 saturated heterocycles. The van der Waals surface area contributed by atoms with Crippen LogP contribution in [0.2, 0.25) is 0 Å². The minimum Gasteiger partial charge on any atom is -0.480 e. The molecule has 3 rings (SSSR count). The van der Waals surface area contributed by atoms with Crippen LogP contribution in [0.3, 0.4) is 0 Å². The molecule has 0 N–H and O–H groups in total. The van der Waals surface area contributed by atoms with Gasteiger partial charge >= 0.3 is 0 Å². The van der Waals surface area contributed by atoms with Crippen molar-refractivity contribution in [3.8, 4) is 11.6 Å². The number of rotatable bonds is 4. The molecule has 7 nitrogen and oxygen atoms in total. The summed E-state index contributed by atoms with van der Waals surface area (Å²) in [7, 11) is 3.21. The summed E-state index contributed by atoms with van der Waals surface area (Å²) in [6.45, 7) is 0. The molecule has 7 heteroatoms. The highest BCUT2D eigenvalue weighted by molar-refractivity contribution is 6.06. The van der Waals surface area contributed by atoms with Crippen molar-refractivity contribution < 1.29 is 9.53 Å². The number of carbonyl (C=O) groups excluding carboxylic acids is 1. The smallest absolute Gasteiger partial charge is 0.258 e. The fraction of sp³-hybridized carbons (Fsp3) is 0.125. The first-order chi connectivity index (χ1) is 11.2. The predicted octanol–water partition coefficient (Wildman–Crippen LogP) is 1.95. The molecule has 2 aromatic heterocycles. The van der Waals surface area contributed by atoms with Crippen molar-refractivity contribution in [2.45, 2.75) is 0 Å². The number of aromatic nitrogens is 4. The van der Waals surface area contributed by atoms with Crippen LogP contribution in [-0.4, -0.2) is 40.0 Å². The summed E-state index contributed by atoms with van der Waals surface area (Å²) >= 11 is 0. The molecule has 0 unspecified atom stereocenters. The minimum absolute atomic E-state index is 0.151. The van der Waals surface area contributed by atoms with Gasteiger partial charge in [0.05, 0.1) is 25.2 Å². The first kappa shape index (κ1) is 14.7. The summed E-state index contributed by atoms with van der Waals surface area (Å²) in [5, 5.41) is 7.67. The molecule has 2 heterocycles. The highest BCUT2D eigenvalue weighted by Crippen LogP contribution is 2.25. The molecular weight excluding hydrogens is 294 g/mol. The standard InChI is InChI=1S/C16H15N5O2/c1-20(14-4-3-9-17-15(14)23-2)16(22)12-5-7-13(8-6-12)21-11-10-18-19-21/h3-11H,1-2H3. The summed E-state index contributed by atoms with van der Waals surface area (Å²) in [6.07, 6.45) is 4.96. The Labute approximate surface area is 133 Å². The SMILES string of the molecule is COc1ncccc1N(C)C(=O)c1ccc(-n2ccnn2)cc1. The average Bonchev–Trinajstić information content (AvgIpc) is 3.15. The van der Waals surface area contributed by atoms with E-state index in [0.717, 1.165) is 5.69 Å². The molecule has 0 bridgehead atoms. The molecular formula is C16H15N5O2. The molecule has 0 saturated carbocycles. The third-order valence-corrected chi connectivity index (χ3v) is 3.41. The zero-order valence-corrected chi connectivity index (χ0v) is 12.7. The van der Waals surface area contributed by atoms with Gasteiger partial charge in [0.1, 0.15) is 5.69 Å². The molecule has 1 amide bonds. The van der Waals surface area contributed by atoms with Crippen LogP contribution < -0.4 is 9.64 Å². The number of carbonyl (C=O) groups is 1. The number of pyridine rings is 1. The molecule has 0 fully saturated rings. The van der Waals surface area contributed by atoms with Crippen LogP contribution in [0.5, 0.6) is 5.88 Å². The number of hydrogen-bond acceptors (Lipinski definition) is 5. The van der Waals surface area contributed by atoms with Gasteiger partial charge in [-0.05, 0) is 36.4 Å². The van der Waals surface area contributed by atoms with E-state index < -0.39 is 0 Å². The van der Waals surface area contributed by atoms with E-state index >= 15 is 0 Å². The lowest BCUT2D eigenvalue weighted by Crippen LogP contribution is -2.26. The van der Waals surface area contributed by atoms with Crippen LogP contribution in [0.25, 0.3) is 5.69 Å². The van der Waals surface area contributed by atoms with E-state index in [2.05, 4.69) is 15.3 Å². The maximum Gasteiger partial charge on any atom is 0.258 e. The van der Waals surface area contributed by atoms with E-state index in [-0.39, 0.29) is 5.91 Å². The van der Waals surface area contributed by atoms with Crippen LogP contribution in [-0.2, 0) is 0 Å². The topological polar surface area (TPSA) is 73.1 Å². The van der Waals surface area contributed by atoms with E-state index in [0.29, 0.717) is 17.1 Å². The van der Waals surface area contributed by atoms with Gasteiger partial charge < -0.3 is 9.64 Å². The number of nitrogens with zero attached hydrogens (tertiary/aromatic N) is 5. The van der Waals surface area contributed by atoms with Crippen molar-refractivity contribution in [1.29, 1.82) is 0 Å². The number of hydrogen-bond donors (Lipinski definition) is 0. The van der Waals surface area contributed by atoms with E-state index in [1.165, 1.54) is 12.0 Å². The highest BCUT2D eigenvalue weighted by atomic mass is 16.5. The second-order valence-corrected chi connectivity index (χ2v) is 4.79. The summed E-state index contributed by atoms with van der Waals surface area (Å²) in [5.74, 6) is 0.254. The Hall–Kier alpha value is -3.22. The Bertz CT molecular complexity index is 800. The Kier molecular flexibility index (Phi) is 4.01. The summed E-state index contributed by atoms with van der Waals surface area (Å²) in [4.78, 5) is 18.2. The van der Waals surface area contributed by atoms with E-state index in [1.807, 2.05) is 12.1 Å². The minimum atomic E-state index is -0.151. The average molecular weight is 309 g/mol. The van der Waals surface area contributed by atoms with Gasteiger partial charge in [-0.1, -0.05) is 5.21 Å². The monoisotopic (exact) mass is 309 g/mol. The fourth-order valence-corrected chi connectivity index (χ4v) is 2.20. The van der Waals surface area contributed by atoms with Crippen LogP contribution in [0.4, 0.5) is 5.69 Å². The van der Waals surface area contributed by atoms with Crippen molar-refractivity contribution in [2.75, 3.05) is 19.1 Å². The largest absolute Gasteiger partial charge is 0.480 e. The molecule has 0 aliphatic heterocycles. The Morgan fingerprint density at radius 1 is 1.17 bits per heavy atom. The quantitative estimate of drug-likeness (QED) is 0.736.